The van der Waals surface area contributed by atoms with Crippen molar-refractivity contribution in [3.63, 3.8) is 0 Å². The van der Waals surface area contributed by atoms with Gasteiger partial charge in [-0.1, -0.05) is 4.13 Å². The third-order valence-electron chi connectivity index (χ3n) is 0.955. The smallest absolute Gasteiger partial charge is 0.349 e. The second-order valence-corrected chi connectivity index (χ2v) is 5.82. The molecule has 15 heavy (non-hydrogen) atoms. The van der Waals surface area contributed by atoms with E-state index in [4.69, 9.17) is 9.84 Å². The van der Waals surface area contributed by atoms with E-state index in [1.54, 1.807) is 0 Å². The summed E-state index contributed by atoms with van der Waals surface area (Å²) >= 11 is 0. The van der Waals surface area contributed by atoms with Crippen LogP contribution in [0.25, 0.3) is 0 Å². The standard InChI is InChI=1S/C5H13NO7S2/c1-14(8,9)6-15(10,11)13-5-4-12-3-2-7/h6-7H,2-5H2,1H3. The van der Waals surface area contributed by atoms with E-state index in [0.29, 0.717) is 6.26 Å². The molecule has 0 radical (unpaired) electrons. The number of hydrogen-bond donors (Lipinski definition) is 2. The molecule has 0 rings (SSSR count). The predicted molar refractivity (Wildman–Crippen MR) is 50.8 cm³/mol. The average molecular weight is 263 g/mol. The topological polar surface area (TPSA) is 119 Å². The lowest BCUT2D eigenvalue weighted by Crippen LogP contribution is -2.31. The highest BCUT2D eigenvalue weighted by Gasteiger charge is 2.16. The first-order valence-electron chi connectivity index (χ1n) is 3.83. The highest BCUT2D eigenvalue weighted by molar-refractivity contribution is 8.02. The molecule has 0 amide bonds. The van der Waals surface area contributed by atoms with Gasteiger partial charge >= 0.3 is 10.3 Å². The molecule has 0 aromatic carbocycles. The minimum absolute atomic E-state index is 0.0584. The summed E-state index contributed by atoms with van der Waals surface area (Å²) in [5.41, 5.74) is 0. The fourth-order valence-corrected chi connectivity index (χ4v) is 2.54. The van der Waals surface area contributed by atoms with Crippen molar-refractivity contribution in [1.29, 1.82) is 0 Å². The van der Waals surface area contributed by atoms with E-state index in [9.17, 15) is 16.8 Å². The molecule has 0 spiro atoms. The van der Waals surface area contributed by atoms with Gasteiger partial charge in [0.2, 0.25) is 10.0 Å². The molecule has 2 N–H and O–H groups in total. The number of rotatable bonds is 8. The number of aliphatic hydroxyl groups excluding tert-OH is 1. The Morgan fingerprint density at radius 2 is 1.73 bits per heavy atom. The molecule has 0 aromatic heterocycles. The molecule has 0 unspecified atom stereocenters. The SMILES string of the molecule is CS(=O)(=O)NS(=O)(=O)OCCOCCO. The van der Waals surface area contributed by atoms with Gasteiger partial charge in [0, 0.05) is 0 Å². The van der Waals surface area contributed by atoms with Crippen molar-refractivity contribution in [3.8, 4) is 0 Å². The van der Waals surface area contributed by atoms with E-state index in [1.165, 1.54) is 4.13 Å². The summed E-state index contributed by atoms with van der Waals surface area (Å²) in [4.78, 5) is 0. The second kappa shape index (κ2) is 6.35. The molecule has 0 atom stereocenters. The van der Waals surface area contributed by atoms with E-state index in [1.807, 2.05) is 0 Å². The van der Waals surface area contributed by atoms with Crippen LogP contribution in [-0.4, -0.2) is 54.6 Å². The van der Waals surface area contributed by atoms with Gasteiger partial charge in [-0.25, -0.2) is 8.42 Å². The van der Waals surface area contributed by atoms with E-state index >= 15 is 0 Å². The van der Waals surface area contributed by atoms with Crippen molar-refractivity contribution in [2.75, 3.05) is 32.7 Å². The molecule has 0 saturated carbocycles. The zero-order valence-corrected chi connectivity index (χ0v) is 9.67. The summed E-state index contributed by atoms with van der Waals surface area (Å²) in [6, 6.07) is 0. The van der Waals surface area contributed by atoms with Crippen LogP contribution in [0.3, 0.4) is 0 Å². The molecule has 10 heteroatoms. The normalized spacial score (nSPS) is 12.9. The summed E-state index contributed by atoms with van der Waals surface area (Å²) in [5, 5.41) is 8.30. The van der Waals surface area contributed by atoms with Crippen LogP contribution in [0.15, 0.2) is 0 Å². The van der Waals surface area contributed by atoms with Gasteiger partial charge in [-0.2, -0.15) is 8.42 Å². The minimum Gasteiger partial charge on any atom is -0.394 e. The van der Waals surface area contributed by atoms with Crippen molar-refractivity contribution in [3.05, 3.63) is 0 Å². The zero-order valence-electron chi connectivity index (χ0n) is 8.04. The van der Waals surface area contributed by atoms with Crippen LogP contribution in [-0.2, 0) is 29.2 Å². The first-order chi connectivity index (χ1) is 6.77. The van der Waals surface area contributed by atoms with Crippen molar-refractivity contribution < 1.29 is 30.9 Å². The molecule has 0 heterocycles. The molecule has 0 aliphatic heterocycles. The Morgan fingerprint density at radius 1 is 1.13 bits per heavy atom. The summed E-state index contributed by atoms with van der Waals surface area (Å²) in [6.45, 7) is -0.520. The lowest BCUT2D eigenvalue weighted by Gasteiger charge is -2.05. The molecule has 0 saturated heterocycles. The van der Waals surface area contributed by atoms with Crippen LogP contribution in [0.1, 0.15) is 0 Å². The number of sulfonamides is 1. The first kappa shape index (κ1) is 14.7. The highest BCUT2D eigenvalue weighted by atomic mass is 32.3. The summed E-state index contributed by atoms with van der Waals surface area (Å²) in [6.07, 6.45) is 0.691. The van der Waals surface area contributed by atoms with Gasteiger partial charge in [0.05, 0.1) is 32.7 Å². The Bertz CT molecular complexity index is 359. The number of nitrogens with one attached hydrogen (secondary N) is 1. The maximum Gasteiger partial charge on any atom is 0.349 e. The van der Waals surface area contributed by atoms with E-state index in [-0.39, 0.29) is 26.4 Å². The van der Waals surface area contributed by atoms with Gasteiger partial charge in [0.1, 0.15) is 0 Å². The molecule has 0 fully saturated rings. The predicted octanol–water partition coefficient (Wildman–Crippen LogP) is -2.19. The van der Waals surface area contributed by atoms with Gasteiger partial charge in [0.15, 0.2) is 0 Å². The Balaban J connectivity index is 3.86. The fraction of sp³-hybridized carbons (Fsp3) is 1.00. The monoisotopic (exact) mass is 263 g/mol. The summed E-state index contributed by atoms with van der Waals surface area (Å²) < 4.78 is 53.0. The van der Waals surface area contributed by atoms with Gasteiger partial charge in [-0.3, -0.25) is 4.18 Å². The van der Waals surface area contributed by atoms with Crippen molar-refractivity contribution >= 4 is 20.3 Å². The fourth-order valence-electron chi connectivity index (χ4n) is 0.579. The van der Waals surface area contributed by atoms with Gasteiger partial charge < -0.3 is 9.84 Å². The Hall–Kier alpha value is -0.260. The number of hydrogen-bond acceptors (Lipinski definition) is 7. The van der Waals surface area contributed by atoms with Crippen LogP contribution in [0.4, 0.5) is 0 Å². The molecule has 8 nitrogen and oxygen atoms in total. The molecule has 0 aliphatic rings. The molecular formula is C5H13NO7S2. The lowest BCUT2D eigenvalue weighted by molar-refractivity contribution is 0.0717. The summed E-state index contributed by atoms with van der Waals surface area (Å²) in [5.74, 6) is 0. The van der Waals surface area contributed by atoms with Crippen molar-refractivity contribution in [2.45, 2.75) is 0 Å². The average Bonchev–Trinajstić information content (AvgIpc) is 1.99. The van der Waals surface area contributed by atoms with Crippen LogP contribution in [0.2, 0.25) is 0 Å². The molecule has 0 aliphatic carbocycles. The van der Waals surface area contributed by atoms with E-state index in [2.05, 4.69) is 4.18 Å². The van der Waals surface area contributed by atoms with Crippen LogP contribution in [0, 0.1) is 0 Å². The van der Waals surface area contributed by atoms with Gasteiger partial charge in [0.25, 0.3) is 0 Å². The third kappa shape index (κ3) is 10.0. The Labute approximate surface area is 88.5 Å². The van der Waals surface area contributed by atoms with Crippen LogP contribution < -0.4 is 4.13 Å². The lowest BCUT2D eigenvalue weighted by atomic mass is 10.7. The molecule has 92 valence electrons. The van der Waals surface area contributed by atoms with Gasteiger partial charge in [-0.05, 0) is 0 Å². The maximum absolute atomic E-state index is 10.9. The highest BCUT2D eigenvalue weighted by Crippen LogP contribution is 1.90. The van der Waals surface area contributed by atoms with Crippen molar-refractivity contribution in [2.24, 2.45) is 0 Å². The maximum atomic E-state index is 10.9. The summed E-state index contributed by atoms with van der Waals surface area (Å²) in [7, 11) is -8.18. The molecule has 0 aromatic rings. The van der Waals surface area contributed by atoms with Crippen LogP contribution in [0.5, 0.6) is 0 Å². The first-order valence-corrected chi connectivity index (χ1v) is 7.13. The van der Waals surface area contributed by atoms with Crippen molar-refractivity contribution in [1.82, 2.24) is 4.13 Å². The second-order valence-electron chi connectivity index (χ2n) is 2.47. The largest absolute Gasteiger partial charge is 0.394 e. The van der Waals surface area contributed by atoms with Crippen LogP contribution >= 0.6 is 0 Å². The zero-order chi connectivity index (χ0) is 11.9. The third-order valence-corrected chi connectivity index (χ3v) is 3.46. The quantitative estimate of drug-likeness (QED) is 0.477. The molecular weight excluding hydrogens is 250 g/mol. The Morgan fingerprint density at radius 3 is 2.20 bits per heavy atom. The van der Waals surface area contributed by atoms with E-state index < -0.39 is 20.3 Å². The number of ether oxygens (including phenoxy) is 1. The number of aliphatic hydroxyl groups is 1. The van der Waals surface area contributed by atoms with E-state index in [0.717, 1.165) is 0 Å². The van der Waals surface area contributed by atoms with Gasteiger partial charge in [-0.15, -0.1) is 0 Å². The molecule has 0 bridgehead atoms. The minimum atomic E-state index is -4.31. The Kier molecular flexibility index (Phi) is 6.24.